The fourth-order valence-corrected chi connectivity index (χ4v) is 1.56. The van der Waals surface area contributed by atoms with Gasteiger partial charge in [-0.2, -0.15) is 4.98 Å². The van der Waals surface area contributed by atoms with Crippen LogP contribution < -0.4 is 10.1 Å². The monoisotopic (exact) mass is 297 g/mol. The molecule has 0 fully saturated rings. The van der Waals surface area contributed by atoms with Crippen LogP contribution in [-0.4, -0.2) is 50.1 Å². The van der Waals surface area contributed by atoms with Crippen molar-refractivity contribution in [3.8, 4) is 5.88 Å². The summed E-state index contributed by atoms with van der Waals surface area (Å²) in [5.74, 6) is 2.12. The van der Waals surface area contributed by atoms with E-state index in [4.69, 9.17) is 14.2 Å². The van der Waals surface area contributed by atoms with Crippen LogP contribution in [0.4, 0.5) is 5.82 Å². The van der Waals surface area contributed by atoms with Gasteiger partial charge >= 0.3 is 0 Å². The van der Waals surface area contributed by atoms with Gasteiger partial charge in [0.2, 0.25) is 5.88 Å². The van der Waals surface area contributed by atoms with E-state index in [9.17, 15) is 0 Å². The summed E-state index contributed by atoms with van der Waals surface area (Å²) in [4.78, 5) is 8.98. The standard InChI is InChI=1S/C15H27N3O3/c1-6-16-12-11-13(18-14(17-12)15(2,3)4)21-10-9-20-8-7-19-5/h11H,6-10H2,1-5H3,(H,16,17,18). The maximum atomic E-state index is 5.65. The van der Waals surface area contributed by atoms with Gasteiger partial charge in [0.05, 0.1) is 19.8 Å². The highest BCUT2D eigenvalue weighted by molar-refractivity contribution is 5.39. The molecule has 0 atom stereocenters. The molecule has 0 spiro atoms. The highest BCUT2D eigenvalue weighted by Gasteiger charge is 2.19. The van der Waals surface area contributed by atoms with Gasteiger partial charge in [0, 0.05) is 25.1 Å². The molecule has 0 amide bonds. The van der Waals surface area contributed by atoms with Crippen LogP contribution in [0, 0.1) is 0 Å². The molecule has 0 saturated heterocycles. The molecule has 21 heavy (non-hydrogen) atoms. The first kappa shape index (κ1) is 17.7. The summed E-state index contributed by atoms with van der Waals surface area (Å²) in [6, 6.07) is 1.81. The normalized spacial score (nSPS) is 11.5. The van der Waals surface area contributed by atoms with Gasteiger partial charge in [-0.1, -0.05) is 20.8 Å². The Morgan fingerprint density at radius 2 is 1.81 bits per heavy atom. The topological polar surface area (TPSA) is 65.5 Å². The van der Waals surface area contributed by atoms with Gasteiger partial charge < -0.3 is 19.5 Å². The first-order chi connectivity index (χ1) is 9.97. The number of nitrogens with one attached hydrogen (secondary N) is 1. The molecule has 0 bridgehead atoms. The van der Waals surface area contributed by atoms with E-state index in [-0.39, 0.29) is 5.41 Å². The first-order valence-electron chi connectivity index (χ1n) is 7.30. The van der Waals surface area contributed by atoms with E-state index in [0.717, 1.165) is 18.2 Å². The Balaban J connectivity index is 2.61. The highest BCUT2D eigenvalue weighted by Crippen LogP contribution is 2.23. The Bertz CT molecular complexity index is 419. The summed E-state index contributed by atoms with van der Waals surface area (Å²) >= 11 is 0. The molecule has 0 aliphatic carbocycles. The van der Waals surface area contributed by atoms with Crippen molar-refractivity contribution >= 4 is 5.82 Å². The van der Waals surface area contributed by atoms with E-state index in [1.807, 2.05) is 13.0 Å². The second kappa shape index (κ2) is 8.79. The minimum Gasteiger partial charge on any atom is -0.475 e. The van der Waals surface area contributed by atoms with Crippen LogP contribution in [0.3, 0.4) is 0 Å². The van der Waals surface area contributed by atoms with Crippen LogP contribution in [0.1, 0.15) is 33.5 Å². The van der Waals surface area contributed by atoms with Crippen molar-refractivity contribution in [1.82, 2.24) is 9.97 Å². The number of hydrogen-bond acceptors (Lipinski definition) is 6. The van der Waals surface area contributed by atoms with E-state index >= 15 is 0 Å². The molecule has 1 heterocycles. The van der Waals surface area contributed by atoms with Crippen molar-refractivity contribution < 1.29 is 14.2 Å². The van der Waals surface area contributed by atoms with Crippen LogP contribution in [0.25, 0.3) is 0 Å². The molecule has 0 saturated carbocycles. The molecule has 0 aliphatic rings. The number of nitrogens with zero attached hydrogens (tertiary/aromatic N) is 2. The molecule has 1 aromatic heterocycles. The number of anilines is 1. The van der Waals surface area contributed by atoms with E-state index in [0.29, 0.717) is 32.3 Å². The third kappa shape index (κ3) is 6.73. The average Bonchev–Trinajstić information content (AvgIpc) is 2.42. The van der Waals surface area contributed by atoms with Crippen molar-refractivity contribution in [2.24, 2.45) is 0 Å². The van der Waals surface area contributed by atoms with Crippen molar-refractivity contribution in [3.63, 3.8) is 0 Å². The zero-order chi connectivity index (χ0) is 15.7. The molecule has 0 aromatic carbocycles. The summed E-state index contributed by atoms with van der Waals surface area (Å²) in [6.07, 6.45) is 0. The molecule has 0 aliphatic heterocycles. The third-order valence-electron chi connectivity index (χ3n) is 2.64. The Morgan fingerprint density at radius 1 is 1.10 bits per heavy atom. The molecule has 6 heteroatoms. The Hall–Kier alpha value is -1.40. The summed E-state index contributed by atoms with van der Waals surface area (Å²) in [5.41, 5.74) is -0.126. The Kier molecular flexibility index (Phi) is 7.39. The zero-order valence-corrected chi connectivity index (χ0v) is 13.7. The lowest BCUT2D eigenvalue weighted by Gasteiger charge is -2.18. The van der Waals surface area contributed by atoms with Crippen LogP contribution in [0.2, 0.25) is 0 Å². The molecule has 1 aromatic rings. The molecule has 1 rings (SSSR count). The maximum absolute atomic E-state index is 5.65. The zero-order valence-electron chi connectivity index (χ0n) is 13.7. The molecular weight excluding hydrogens is 270 g/mol. The Labute approximate surface area is 127 Å². The smallest absolute Gasteiger partial charge is 0.218 e. The van der Waals surface area contributed by atoms with E-state index in [1.165, 1.54) is 0 Å². The fraction of sp³-hybridized carbons (Fsp3) is 0.733. The average molecular weight is 297 g/mol. The summed E-state index contributed by atoms with van der Waals surface area (Å²) in [6.45, 7) is 11.2. The molecule has 1 N–H and O–H groups in total. The van der Waals surface area contributed by atoms with Crippen molar-refractivity contribution in [2.75, 3.05) is 45.4 Å². The second-order valence-electron chi connectivity index (χ2n) is 5.65. The third-order valence-corrected chi connectivity index (χ3v) is 2.64. The van der Waals surface area contributed by atoms with Crippen LogP contribution >= 0.6 is 0 Å². The van der Waals surface area contributed by atoms with Gasteiger partial charge in [-0.05, 0) is 6.92 Å². The number of ether oxygens (including phenoxy) is 3. The predicted octanol–water partition coefficient (Wildman–Crippen LogP) is 2.25. The van der Waals surface area contributed by atoms with Crippen LogP contribution in [-0.2, 0) is 14.9 Å². The van der Waals surface area contributed by atoms with Gasteiger partial charge in [0.25, 0.3) is 0 Å². The minimum absolute atomic E-state index is 0.126. The number of methoxy groups -OCH3 is 1. The van der Waals surface area contributed by atoms with Gasteiger partial charge in [0.15, 0.2) is 0 Å². The van der Waals surface area contributed by atoms with Gasteiger partial charge in [-0.15, -0.1) is 0 Å². The van der Waals surface area contributed by atoms with E-state index < -0.39 is 0 Å². The van der Waals surface area contributed by atoms with E-state index in [1.54, 1.807) is 7.11 Å². The predicted molar refractivity (Wildman–Crippen MR) is 83.1 cm³/mol. The van der Waals surface area contributed by atoms with Crippen LogP contribution in [0.15, 0.2) is 6.07 Å². The Morgan fingerprint density at radius 3 is 2.43 bits per heavy atom. The van der Waals surface area contributed by atoms with Crippen molar-refractivity contribution in [3.05, 3.63) is 11.9 Å². The SMILES string of the molecule is CCNc1cc(OCCOCCOC)nc(C(C)(C)C)n1. The van der Waals surface area contributed by atoms with Crippen molar-refractivity contribution in [2.45, 2.75) is 33.1 Å². The highest BCUT2D eigenvalue weighted by atomic mass is 16.5. The minimum atomic E-state index is -0.126. The molecular formula is C15H27N3O3. The fourth-order valence-electron chi connectivity index (χ4n) is 1.56. The number of aromatic nitrogens is 2. The first-order valence-corrected chi connectivity index (χ1v) is 7.30. The number of hydrogen-bond donors (Lipinski definition) is 1. The summed E-state index contributed by atoms with van der Waals surface area (Å²) in [7, 11) is 1.65. The van der Waals surface area contributed by atoms with Crippen molar-refractivity contribution in [1.29, 1.82) is 0 Å². The van der Waals surface area contributed by atoms with Gasteiger partial charge in [-0.25, -0.2) is 4.98 Å². The summed E-state index contributed by atoms with van der Waals surface area (Å²) in [5, 5.41) is 3.20. The summed E-state index contributed by atoms with van der Waals surface area (Å²) < 4.78 is 15.9. The van der Waals surface area contributed by atoms with Crippen LogP contribution in [0.5, 0.6) is 5.88 Å². The molecule has 0 unspecified atom stereocenters. The molecule has 120 valence electrons. The van der Waals surface area contributed by atoms with Gasteiger partial charge in [-0.3, -0.25) is 0 Å². The number of rotatable bonds is 9. The lowest BCUT2D eigenvalue weighted by atomic mass is 9.96. The molecule has 6 nitrogen and oxygen atoms in total. The lowest BCUT2D eigenvalue weighted by Crippen LogP contribution is -2.18. The van der Waals surface area contributed by atoms with Gasteiger partial charge in [0.1, 0.15) is 18.2 Å². The largest absolute Gasteiger partial charge is 0.475 e. The quantitative estimate of drug-likeness (QED) is 0.705. The second-order valence-corrected chi connectivity index (χ2v) is 5.65. The maximum Gasteiger partial charge on any atom is 0.218 e. The van der Waals surface area contributed by atoms with E-state index in [2.05, 4.69) is 36.1 Å². The lowest BCUT2D eigenvalue weighted by molar-refractivity contribution is 0.0536. The molecule has 0 radical (unpaired) electrons.